The first kappa shape index (κ1) is 16.8. The van der Waals surface area contributed by atoms with Crippen molar-refractivity contribution in [1.82, 2.24) is 20.4 Å². The molecule has 1 aromatic rings. The third-order valence-corrected chi connectivity index (χ3v) is 5.08. The number of nitrogens with zero attached hydrogens (tertiary/aromatic N) is 3. The van der Waals surface area contributed by atoms with Crippen molar-refractivity contribution in [3.05, 3.63) is 17.0 Å². The van der Waals surface area contributed by atoms with Gasteiger partial charge in [-0.25, -0.2) is 0 Å². The largest absolute Gasteiger partial charge is 0.354 e. The molecule has 1 aliphatic carbocycles. The van der Waals surface area contributed by atoms with E-state index in [1.54, 1.807) is 0 Å². The Bertz CT molecular complexity index is 509. The molecule has 0 saturated heterocycles. The Labute approximate surface area is 134 Å². The van der Waals surface area contributed by atoms with Gasteiger partial charge in [0.1, 0.15) is 0 Å². The quantitative estimate of drug-likeness (QED) is 0.664. The van der Waals surface area contributed by atoms with Crippen LogP contribution in [0, 0.1) is 19.8 Å². The van der Waals surface area contributed by atoms with E-state index >= 15 is 0 Å². The maximum absolute atomic E-state index is 4.46. The minimum atomic E-state index is 0.560. The molecule has 1 fully saturated rings. The summed E-state index contributed by atoms with van der Waals surface area (Å²) in [6.45, 7) is 7.25. The van der Waals surface area contributed by atoms with Crippen molar-refractivity contribution in [3.63, 3.8) is 0 Å². The summed E-state index contributed by atoms with van der Waals surface area (Å²) >= 11 is 0. The Morgan fingerprint density at radius 1 is 1.27 bits per heavy atom. The average molecular weight is 305 g/mol. The molecule has 22 heavy (non-hydrogen) atoms. The van der Waals surface area contributed by atoms with Crippen LogP contribution in [0.15, 0.2) is 4.99 Å². The van der Waals surface area contributed by atoms with Gasteiger partial charge in [0.05, 0.1) is 5.69 Å². The van der Waals surface area contributed by atoms with Crippen molar-refractivity contribution in [3.8, 4) is 0 Å². The molecule has 0 amide bonds. The van der Waals surface area contributed by atoms with Gasteiger partial charge in [-0.2, -0.15) is 5.10 Å². The minimum absolute atomic E-state index is 0.560. The van der Waals surface area contributed by atoms with Crippen molar-refractivity contribution < 1.29 is 0 Å². The fraction of sp³-hybridized carbons (Fsp3) is 0.765. The van der Waals surface area contributed by atoms with Crippen molar-refractivity contribution in [2.24, 2.45) is 18.0 Å². The SMILES string of the molecule is CCC1CCC(NC(=NC)NCc2c(C)nn(C)c2C)CC1. The monoisotopic (exact) mass is 305 g/mol. The van der Waals surface area contributed by atoms with Crippen LogP contribution in [0.1, 0.15) is 56.0 Å². The number of aromatic nitrogens is 2. The van der Waals surface area contributed by atoms with Crippen LogP contribution in [0.3, 0.4) is 0 Å². The number of rotatable bonds is 4. The standard InChI is InChI=1S/C17H31N5/c1-6-14-7-9-15(10-8-14)20-17(18-4)19-11-16-12(2)21-22(5)13(16)3/h14-15H,6-11H2,1-5H3,(H2,18,19,20). The second-order valence-electron chi connectivity index (χ2n) is 6.47. The van der Waals surface area contributed by atoms with E-state index in [2.05, 4.69) is 41.5 Å². The Balaban J connectivity index is 1.85. The van der Waals surface area contributed by atoms with Crippen LogP contribution in [0.5, 0.6) is 0 Å². The Hall–Kier alpha value is -1.52. The van der Waals surface area contributed by atoms with Crippen LogP contribution in [-0.2, 0) is 13.6 Å². The molecule has 0 aliphatic heterocycles. The molecule has 5 nitrogen and oxygen atoms in total. The predicted molar refractivity (Wildman–Crippen MR) is 92.1 cm³/mol. The van der Waals surface area contributed by atoms with Gasteiger partial charge in [-0.05, 0) is 45.4 Å². The summed E-state index contributed by atoms with van der Waals surface area (Å²) in [5.41, 5.74) is 3.57. The fourth-order valence-electron chi connectivity index (χ4n) is 3.35. The van der Waals surface area contributed by atoms with Crippen LogP contribution in [-0.4, -0.2) is 28.8 Å². The normalized spacial score (nSPS) is 22.7. The van der Waals surface area contributed by atoms with Gasteiger partial charge in [0.15, 0.2) is 5.96 Å². The molecule has 0 aromatic carbocycles. The smallest absolute Gasteiger partial charge is 0.191 e. The van der Waals surface area contributed by atoms with Gasteiger partial charge in [-0.1, -0.05) is 13.3 Å². The maximum atomic E-state index is 4.46. The zero-order valence-corrected chi connectivity index (χ0v) is 14.7. The molecule has 1 aliphatic rings. The molecule has 0 unspecified atom stereocenters. The maximum Gasteiger partial charge on any atom is 0.191 e. The highest BCUT2D eigenvalue weighted by atomic mass is 15.3. The highest BCUT2D eigenvalue weighted by Crippen LogP contribution is 2.26. The van der Waals surface area contributed by atoms with Gasteiger partial charge in [-0.3, -0.25) is 9.67 Å². The first-order valence-electron chi connectivity index (χ1n) is 8.51. The third kappa shape index (κ3) is 4.02. The second-order valence-corrected chi connectivity index (χ2v) is 6.47. The van der Waals surface area contributed by atoms with Gasteiger partial charge in [-0.15, -0.1) is 0 Å². The lowest BCUT2D eigenvalue weighted by molar-refractivity contribution is 0.304. The summed E-state index contributed by atoms with van der Waals surface area (Å²) in [4.78, 5) is 4.37. The van der Waals surface area contributed by atoms with E-state index in [4.69, 9.17) is 0 Å². The Morgan fingerprint density at radius 3 is 2.45 bits per heavy atom. The van der Waals surface area contributed by atoms with E-state index in [9.17, 15) is 0 Å². The molecule has 0 radical (unpaired) electrons. The van der Waals surface area contributed by atoms with Gasteiger partial charge in [0, 0.05) is 37.9 Å². The molecule has 5 heteroatoms. The highest BCUT2D eigenvalue weighted by molar-refractivity contribution is 5.80. The Morgan fingerprint density at radius 2 is 1.95 bits per heavy atom. The van der Waals surface area contributed by atoms with Gasteiger partial charge in [0.2, 0.25) is 0 Å². The first-order valence-corrected chi connectivity index (χ1v) is 8.51. The van der Waals surface area contributed by atoms with Crippen molar-refractivity contribution in [2.75, 3.05) is 7.05 Å². The average Bonchev–Trinajstić information content (AvgIpc) is 2.77. The number of aliphatic imine (C=N–C) groups is 1. The third-order valence-electron chi connectivity index (χ3n) is 5.08. The molecule has 2 rings (SSSR count). The molecule has 1 aromatic heterocycles. The van der Waals surface area contributed by atoms with E-state index in [1.807, 2.05) is 18.8 Å². The molecular formula is C17H31N5. The fourth-order valence-corrected chi connectivity index (χ4v) is 3.35. The van der Waals surface area contributed by atoms with E-state index < -0.39 is 0 Å². The molecular weight excluding hydrogens is 274 g/mol. The number of aryl methyl sites for hydroxylation is 2. The lowest BCUT2D eigenvalue weighted by Crippen LogP contribution is -2.44. The number of nitrogens with one attached hydrogen (secondary N) is 2. The molecule has 0 atom stereocenters. The molecule has 1 saturated carbocycles. The number of guanidine groups is 1. The van der Waals surface area contributed by atoms with E-state index in [-0.39, 0.29) is 0 Å². The van der Waals surface area contributed by atoms with E-state index in [0.29, 0.717) is 6.04 Å². The van der Waals surface area contributed by atoms with Gasteiger partial charge < -0.3 is 10.6 Å². The van der Waals surface area contributed by atoms with Crippen molar-refractivity contribution >= 4 is 5.96 Å². The molecule has 0 spiro atoms. The molecule has 0 bridgehead atoms. The van der Waals surface area contributed by atoms with Crippen LogP contribution in [0.2, 0.25) is 0 Å². The van der Waals surface area contributed by atoms with Gasteiger partial charge >= 0.3 is 0 Å². The van der Waals surface area contributed by atoms with E-state index in [0.717, 1.165) is 24.1 Å². The predicted octanol–water partition coefficient (Wildman–Crippen LogP) is 2.67. The highest BCUT2D eigenvalue weighted by Gasteiger charge is 2.20. The topological polar surface area (TPSA) is 54.2 Å². The van der Waals surface area contributed by atoms with Crippen LogP contribution in [0.25, 0.3) is 0 Å². The molecule has 124 valence electrons. The zero-order valence-electron chi connectivity index (χ0n) is 14.7. The zero-order chi connectivity index (χ0) is 16.1. The lowest BCUT2D eigenvalue weighted by Gasteiger charge is -2.29. The lowest BCUT2D eigenvalue weighted by atomic mass is 9.84. The summed E-state index contributed by atoms with van der Waals surface area (Å²) < 4.78 is 1.94. The van der Waals surface area contributed by atoms with Gasteiger partial charge in [0.25, 0.3) is 0 Å². The second kappa shape index (κ2) is 7.65. The van der Waals surface area contributed by atoms with Crippen LogP contribution < -0.4 is 10.6 Å². The van der Waals surface area contributed by atoms with E-state index in [1.165, 1.54) is 43.4 Å². The summed E-state index contributed by atoms with van der Waals surface area (Å²) in [7, 11) is 3.83. The van der Waals surface area contributed by atoms with Crippen molar-refractivity contribution in [1.29, 1.82) is 0 Å². The Kier molecular flexibility index (Phi) is 5.86. The number of hydrogen-bond acceptors (Lipinski definition) is 2. The number of hydrogen-bond donors (Lipinski definition) is 2. The van der Waals surface area contributed by atoms with Crippen molar-refractivity contribution in [2.45, 2.75) is 65.5 Å². The summed E-state index contributed by atoms with van der Waals surface area (Å²) in [5, 5.41) is 11.5. The summed E-state index contributed by atoms with van der Waals surface area (Å²) in [6, 6.07) is 0.560. The summed E-state index contributed by atoms with van der Waals surface area (Å²) in [5.74, 6) is 1.83. The molecule has 2 N–H and O–H groups in total. The first-order chi connectivity index (χ1) is 10.5. The van der Waals surface area contributed by atoms with Crippen LogP contribution in [0.4, 0.5) is 0 Å². The van der Waals surface area contributed by atoms with Crippen LogP contribution >= 0.6 is 0 Å². The minimum Gasteiger partial charge on any atom is -0.354 e. The molecule has 1 heterocycles. The summed E-state index contributed by atoms with van der Waals surface area (Å²) in [6.07, 6.45) is 6.51.